The highest BCUT2D eigenvalue weighted by Gasteiger charge is 2.31. The van der Waals surface area contributed by atoms with E-state index in [1.807, 2.05) is 0 Å². The predicted molar refractivity (Wildman–Crippen MR) is 73.5 cm³/mol. The molecule has 8 heteroatoms. The Bertz CT molecular complexity index is 565. The van der Waals surface area contributed by atoms with Crippen molar-refractivity contribution in [2.45, 2.75) is 31.7 Å². The van der Waals surface area contributed by atoms with Gasteiger partial charge in [0.1, 0.15) is 12.6 Å². The van der Waals surface area contributed by atoms with Gasteiger partial charge in [-0.05, 0) is 30.5 Å². The SMILES string of the molecule is O=C(O)CN(Cc1ccc(C(F)(F)F)cc1)C(=O)[C@H]1CCCO1. The Morgan fingerprint density at radius 1 is 1.26 bits per heavy atom. The minimum atomic E-state index is -4.44. The first-order valence-electron chi connectivity index (χ1n) is 7.05. The van der Waals surface area contributed by atoms with Crippen LogP contribution in [0.25, 0.3) is 0 Å². The van der Waals surface area contributed by atoms with Gasteiger partial charge >= 0.3 is 12.1 Å². The smallest absolute Gasteiger partial charge is 0.416 e. The minimum absolute atomic E-state index is 0.0802. The van der Waals surface area contributed by atoms with Gasteiger partial charge in [0.15, 0.2) is 0 Å². The van der Waals surface area contributed by atoms with Crippen LogP contribution in [0.3, 0.4) is 0 Å². The fourth-order valence-corrected chi connectivity index (χ4v) is 2.37. The van der Waals surface area contributed by atoms with Gasteiger partial charge in [0.25, 0.3) is 5.91 Å². The first-order chi connectivity index (χ1) is 10.8. The number of hydrogen-bond acceptors (Lipinski definition) is 3. The van der Waals surface area contributed by atoms with Crippen molar-refractivity contribution in [2.75, 3.05) is 13.2 Å². The minimum Gasteiger partial charge on any atom is -0.480 e. The summed E-state index contributed by atoms with van der Waals surface area (Å²) in [6.45, 7) is -0.166. The van der Waals surface area contributed by atoms with Crippen LogP contribution in [0.4, 0.5) is 13.2 Å². The van der Waals surface area contributed by atoms with E-state index >= 15 is 0 Å². The lowest BCUT2D eigenvalue weighted by atomic mass is 10.1. The van der Waals surface area contributed by atoms with E-state index in [1.54, 1.807) is 0 Å². The van der Waals surface area contributed by atoms with Gasteiger partial charge in [-0.1, -0.05) is 12.1 Å². The molecule has 1 aliphatic heterocycles. The summed E-state index contributed by atoms with van der Waals surface area (Å²) in [5, 5.41) is 8.92. The highest BCUT2D eigenvalue weighted by Crippen LogP contribution is 2.29. The van der Waals surface area contributed by atoms with Crippen LogP contribution in [0.15, 0.2) is 24.3 Å². The number of carboxylic acids is 1. The van der Waals surface area contributed by atoms with Crippen LogP contribution in [0.5, 0.6) is 0 Å². The van der Waals surface area contributed by atoms with E-state index in [4.69, 9.17) is 9.84 Å². The van der Waals surface area contributed by atoms with Gasteiger partial charge < -0.3 is 14.7 Å². The van der Waals surface area contributed by atoms with Crippen molar-refractivity contribution in [3.8, 4) is 0 Å². The largest absolute Gasteiger partial charge is 0.480 e. The number of carboxylic acid groups (broad SMARTS) is 1. The molecule has 1 atom stereocenters. The number of carbonyl (C=O) groups excluding carboxylic acids is 1. The Balaban J connectivity index is 2.10. The number of amides is 1. The molecule has 1 aromatic rings. The van der Waals surface area contributed by atoms with Crippen molar-refractivity contribution in [2.24, 2.45) is 0 Å². The first kappa shape index (κ1) is 17.3. The van der Waals surface area contributed by atoms with E-state index in [2.05, 4.69) is 0 Å². The second-order valence-corrected chi connectivity index (χ2v) is 5.28. The summed E-state index contributed by atoms with van der Waals surface area (Å²) >= 11 is 0. The highest BCUT2D eigenvalue weighted by atomic mass is 19.4. The van der Waals surface area contributed by atoms with Gasteiger partial charge in [-0.15, -0.1) is 0 Å². The van der Waals surface area contributed by atoms with Gasteiger partial charge in [-0.25, -0.2) is 0 Å². The third-order valence-electron chi connectivity index (χ3n) is 3.50. The fraction of sp³-hybridized carbons (Fsp3) is 0.467. The van der Waals surface area contributed by atoms with Crippen molar-refractivity contribution in [1.82, 2.24) is 4.90 Å². The lowest BCUT2D eigenvalue weighted by Crippen LogP contribution is -2.41. The zero-order valence-corrected chi connectivity index (χ0v) is 12.2. The Hall–Kier alpha value is -2.09. The highest BCUT2D eigenvalue weighted by molar-refractivity contribution is 5.84. The van der Waals surface area contributed by atoms with Crippen molar-refractivity contribution in [3.63, 3.8) is 0 Å². The molecule has 1 aliphatic rings. The maximum Gasteiger partial charge on any atom is 0.416 e. The predicted octanol–water partition coefficient (Wildman–Crippen LogP) is 2.30. The molecular weight excluding hydrogens is 315 g/mol. The van der Waals surface area contributed by atoms with E-state index in [0.29, 0.717) is 18.6 Å². The van der Waals surface area contributed by atoms with Crippen LogP contribution in [0, 0.1) is 0 Å². The molecule has 1 N–H and O–H groups in total. The van der Waals surface area contributed by atoms with Gasteiger partial charge in [0, 0.05) is 13.2 Å². The lowest BCUT2D eigenvalue weighted by Gasteiger charge is -2.23. The maximum atomic E-state index is 12.5. The number of halogens is 3. The van der Waals surface area contributed by atoms with Crippen molar-refractivity contribution in [1.29, 1.82) is 0 Å². The Kier molecular flexibility index (Phi) is 5.25. The topological polar surface area (TPSA) is 66.8 Å². The number of alkyl halides is 3. The van der Waals surface area contributed by atoms with Crippen LogP contribution >= 0.6 is 0 Å². The molecule has 0 aromatic heterocycles. The molecule has 1 fully saturated rings. The number of ether oxygens (including phenoxy) is 1. The third kappa shape index (κ3) is 4.69. The van der Waals surface area contributed by atoms with Crippen molar-refractivity contribution >= 4 is 11.9 Å². The summed E-state index contributed by atoms with van der Waals surface area (Å²) in [6.07, 6.45) is -3.88. The van der Waals surface area contributed by atoms with E-state index in [0.717, 1.165) is 23.5 Å². The molecule has 5 nitrogen and oxygen atoms in total. The summed E-state index contributed by atoms with van der Waals surface area (Å²) in [7, 11) is 0. The maximum absolute atomic E-state index is 12.5. The Morgan fingerprint density at radius 3 is 2.39 bits per heavy atom. The molecule has 0 bridgehead atoms. The van der Waals surface area contributed by atoms with E-state index < -0.39 is 36.3 Å². The molecule has 23 heavy (non-hydrogen) atoms. The van der Waals surface area contributed by atoms with Crippen LogP contribution in [-0.4, -0.2) is 41.1 Å². The normalized spacial score (nSPS) is 18.0. The number of hydrogen-bond donors (Lipinski definition) is 1. The molecule has 2 rings (SSSR count). The molecule has 0 unspecified atom stereocenters. The van der Waals surface area contributed by atoms with Gasteiger partial charge in [-0.3, -0.25) is 9.59 Å². The number of aliphatic carboxylic acids is 1. The molecule has 0 radical (unpaired) electrons. The molecule has 1 amide bonds. The molecule has 0 saturated carbocycles. The van der Waals surface area contributed by atoms with Crippen LogP contribution in [0.2, 0.25) is 0 Å². The molecule has 126 valence electrons. The zero-order valence-electron chi connectivity index (χ0n) is 12.2. The summed E-state index contributed by atoms with van der Waals surface area (Å²) in [6, 6.07) is 4.29. The number of rotatable bonds is 5. The van der Waals surface area contributed by atoms with Gasteiger partial charge in [0.05, 0.1) is 5.56 Å². The summed E-state index contributed by atoms with van der Waals surface area (Å²) in [5.74, 6) is -1.65. The molecular formula is C15H16F3NO4. The van der Waals surface area contributed by atoms with Crippen LogP contribution in [0.1, 0.15) is 24.0 Å². The number of nitrogens with zero attached hydrogens (tertiary/aromatic N) is 1. The van der Waals surface area contributed by atoms with Crippen molar-refractivity contribution in [3.05, 3.63) is 35.4 Å². The molecule has 1 heterocycles. The fourth-order valence-electron chi connectivity index (χ4n) is 2.37. The quantitative estimate of drug-likeness (QED) is 0.899. The lowest BCUT2D eigenvalue weighted by molar-refractivity contribution is -0.149. The summed E-state index contributed by atoms with van der Waals surface area (Å²) in [5.41, 5.74) is -0.373. The average Bonchev–Trinajstić information content (AvgIpc) is 2.99. The first-order valence-corrected chi connectivity index (χ1v) is 7.05. The van der Waals surface area contributed by atoms with Crippen molar-refractivity contribution < 1.29 is 32.6 Å². The second-order valence-electron chi connectivity index (χ2n) is 5.28. The monoisotopic (exact) mass is 331 g/mol. The summed E-state index contributed by atoms with van der Waals surface area (Å²) in [4.78, 5) is 24.3. The molecule has 0 aliphatic carbocycles. The second kappa shape index (κ2) is 6.99. The zero-order chi connectivity index (χ0) is 17.0. The van der Waals surface area contributed by atoms with E-state index in [9.17, 15) is 22.8 Å². The van der Waals surface area contributed by atoms with E-state index in [-0.39, 0.29) is 6.54 Å². The molecule has 0 spiro atoms. The van der Waals surface area contributed by atoms with E-state index in [1.165, 1.54) is 12.1 Å². The Morgan fingerprint density at radius 2 is 1.91 bits per heavy atom. The average molecular weight is 331 g/mol. The molecule has 1 saturated heterocycles. The summed E-state index contributed by atoms with van der Waals surface area (Å²) < 4.78 is 42.8. The number of benzene rings is 1. The standard InChI is InChI=1S/C15H16F3NO4/c16-15(17,18)11-5-3-10(4-6-11)8-19(9-13(20)21)14(22)12-2-1-7-23-12/h3-6,12H,1-2,7-9H2,(H,20,21)/t12-/m1/s1. The van der Waals surface area contributed by atoms with Gasteiger partial charge in [-0.2, -0.15) is 13.2 Å². The number of carbonyl (C=O) groups is 2. The Labute approximate surface area is 130 Å². The third-order valence-corrected chi connectivity index (χ3v) is 3.50. The van der Waals surface area contributed by atoms with Crippen LogP contribution in [-0.2, 0) is 27.0 Å². The molecule has 1 aromatic carbocycles. The van der Waals surface area contributed by atoms with Crippen LogP contribution < -0.4 is 0 Å². The van der Waals surface area contributed by atoms with Gasteiger partial charge in [0.2, 0.25) is 0 Å².